The normalized spacial score (nSPS) is 14.2. The molecule has 3 aromatic rings. The molecule has 0 unspecified atom stereocenters. The third kappa shape index (κ3) is 6.52. The van der Waals surface area contributed by atoms with E-state index in [2.05, 4.69) is 13.4 Å². The van der Waals surface area contributed by atoms with Crippen LogP contribution in [0, 0.1) is 0 Å². The summed E-state index contributed by atoms with van der Waals surface area (Å²) in [6.07, 6.45) is 3.52. The number of fused-ring (bicyclic) bond motifs is 1. The molecular formula is C25H22F3NO7S2. The number of hydrogen-bond donors (Lipinski definition) is 0. The molecule has 38 heavy (non-hydrogen) atoms. The van der Waals surface area contributed by atoms with Crippen LogP contribution in [0.1, 0.15) is 28.8 Å². The number of pyridine rings is 1. The van der Waals surface area contributed by atoms with Crippen LogP contribution in [-0.2, 0) is 30.8 Å². The van der Waals surface area contributed by atoms with Crippen molar-refractivity contribution in [2.24, 2.45) is 0 Å². The lowest BCUT2D eigenvalue weighted by atomic mass is 9.81. The summed E-state index contributed by atoms with van der Waals surface area (Å²) < 4.78 is 98.0. The molecule has 8 nitrogen and oxygen atoms in total. The zero-order chi connectivity index (χ0) is 27.6. The number of rotatable bonds is 9. The van der Waals surface area contributed by atoms with Crippen LogP contribution in [-0.4, -0.2) is 46.8 Å². The van der Waals surface area contributed by atoms with Gasteiger partial charge in [0.25, 0.3) is 10.1 Å². The summed E-state index contributed by atoms with van der Waals surface area (Å²) in [5.74, 6) is 0.0461. The standard InChI is InChI=1S/C25H22F3NO7S2/c1-37(30,31)35-15-14-34-19-8-5-17(6-9-19)24-21-12-10-20(36-38(32,33)25(26,27)28)16-18(21)7-11-22(24)23-4-2-3-13-29-23/h2-6,8-10,12-13,16H,7,11,14-15H2,1H3. The van der Waals surface area contributed by atoms with E-state index < -0.39 is 31.5 Å². The number of benzene rings is 2. The quantitative estimate of drug-likeness (QED) is 0.210. The summed E-state index contributed by atoms with van der Waals surface area (Å²) in [5.41, 5.74) is -1.04. The maximum absolute atomic E-state index is 12.8. The molecule has 0 amide bonds. The van der Waals surface area contributed by atoms with E-state index in [0.717, 1.165) is 28.7 Å². The van der Waals surface area contributed by atoms with Gasteiger partial charge in [-0.3, -0.25) is 9.17 Å². The maximum Gasteiger partial charge on any atom is 0.534 e. The fraction of sp³-hybridized carbons (Fsp3) is 0.240. The molecule has 202 valence electrons. The van der Waals surface area contributed by atoms with E-state index in [1.807, 2.05) is 12.1 Å². The van der Waals surface area contributed by atoms with Gasteiger partial charge in [-0.1, -0.05) is 24.3 Å². The van der Waals surface area contributed by atoms with Crippen LogP contribution in [0.3, 0.4) is 0 Å². The Hall–Kier alpha value is -3.42. The molecule has 4 rings (SSSR count). The van der Waals surface area contributed by atoms with Crippen molar-refractivity contribution < 1.29 is 43.1 Å². The van der Waals surface area contributed by atoms with Crippen LogP contribution in [0.15, 0.2) is 66.9 Å². The molecule has 0 atom stereocenters. The third-order valence-electron chi connectivity index (χ3n) is 5.55. The largest absolute Gasteiger partial charge is 0.534 e. The summed E-state index contributed by atoms with van der Waals surface area (Å²) in [7, 11) is -9.37. The Labute approximate surface area is 217 Å². The van der Waals surface area contributed by atoms with Gasteiger partial charge in [-0.25, -0.2) is 0 Å². The fourth-order valence-electron chi connectivity index (χ4n) is 3.98. The molecule has 0 spiro atoms. The summed E-state index contributed by atoms with van der Waals surface area (Å²) in [6, 6.07) is 16.5. The van der Waals surface area contributed by atoms with E-state index in [9.17, 15) is 30.0 Å². The second kappa shape index (κ2) is 10.8. The van der Waals surface area contributed by atoms with Crippen molar-refractivity contribution in [1.82, 2.24) is 4.98 Å². The average Bonchev–Trinajstić information content (AvgIpc) is 2.85. The van der Waals surface area contributed by atoms with Crippen LogP contribution in [0.5, 0.6) is 11.5 Å². The molecule has 0 radical (unpaired) electrons. The maximum atomic E-state index is 12.8. The molecule has 0 saturated carbocycles. The molecule has 0 saturated heterocycles. The molecule has 2 aromatic carbocycles. The van der Waals surface area contributed by atoms with Crippen LogP contribution < -0.4 is 8.92 Å². The highest BCUT2D eigenvalue weighted by atomic mass is 32.2. The van der Waals surface area contributed by atoms with Crippen LogP contribution >= 0.6 is 0 Å². The van der Waals surface area contributed by atoms with Gasteiger partial charge in [0, 0.05) is 6.20 Å². The van der Waals surface area contributed by atoms with E-state index in [-0.39, 0.29) is 13.2 Å². The van der Waals surface area contributed by atoms with E-state index in [4.69, 9.17) is 4.74 Å². The molecule has 0 bridgehead atoms. The van der Waals surface area contributed by atoms with Crippen molar-refractivity contribution in [3.63, 3.8) is 0 Å². The van der Waals surface area contributed by atoms with E-state index in [1.54, 1.807) is 36.5 Å². The number of alkyl halides is 3. The number of ether oxygens (including phenoxy) is 1. The van der Waals surface area contributed by atoms with Gasteiger partial charge in [-0.15, -0.1) is 0 Å². The first-order chi connectivity index (χ1) is 17.8. The minimum atomic E-state index is -5.80. The molecular weight excluding hydrogens is 547 g/mol. The first kappa shape index (κ1) is 27.6. The molecule has 1 aliphatic carbocycles. The van der Waals surface area contributed by atoms with Crippen LogP contribution in [0.25, 0.3) is 11.1 Å². The molecule has 13 heteroatoms. The lowest BCUT2D eigenvalue weighted by molar-refractivity contribution is -0.0500. The average molecular weight is 570 g/mol. The number of halogens is 3. The third-order valence-corrected chi connectivity index (χ3v) is 7.12. The Morgan fingerprint density at radius 3 is 2.24 bits per heavy atom. The highest BCUT2D eigenvalue weighted by Gasteiger charge is 2.48. The minimum Gasteiger partial charge on any atom is -0.491 e. The number of hydrogen-bond acceptors (Lipinski definition) is 8. The van der Waals surface area contributed by atoms with Crippen molar-refractivity contribution in [3.05, 3.63) is 89.2 Å². The predicted molar refractivity (Wildman–Crippen MR) is 133 cm³/mol. The topological polar surface area (TPSA) is 109 Å². The summed E-state index contributed by atoms with van der Waals surface area (Å²) in [6.45, 7) is -0.127. The minimum absolute atomic E-state index is 0.0146. The molecule has 0 aliphatic heterocycles. The van der Waals surface area contributed by atoms with Crippen LogP contribution in [0.2, 0.25) is 0 Å². The second-order valence-corrected chi connectivity index (χ2v) is 11.5. The summed E-state index contributed by atoms with van der Waals surface area (Å²) in [5, 5.41) is 0. The lowest BCUT2D eigenvalue weighted by Gasteiger charge is -2.24. The van der Waals surface area contributed by atoms with Crippen molar-refractivity contribution in [2.75, 3.05) is 19.5 Å². The molecule has 0 fully saturated rings. The Bertz CT molecular complexity index is 1550. The summed E-state index contributed by atoms with van der Waals surface area (Å²) in [4.78, 5) is 4.46. The fourth-order valence-corrected chi connectivity index (χ4v) is 4.81. The van der Waals surface area contributed by atoms with Crippen molar-refractivity contribution in [3.8, 4) is 11.5 Å². The highest BCUT2D eigenvalue weighted by molar-refractivity contribution is 7.88. The smallest absolute Gasteiger partial charge is 0.491 e. The number of aromatic nitrogens is 1. The Balaban J connectivity index is 1.67. The zero-order valence-corrected chi connectivity index (χ0v) is 21.6. The first-order valence-electron chi connectivity index (χ1n) is 11.2. The van der Waals surface area contributed by atoms with Crippen molar-refractivity contribution >= 4 is 31.4 Å². The SMILES string of the molecule is CS(=O)(=O)OCCOc1ccc(C2=C(c3ccccn3)CCc3cc(OS(=O)(=O)C(F)(F)F)ccc32)cc1. The monoisotopic (exact) mass is 569 g/mol. The van der Waals surface area contributed by atoms with E-state index in [1.165, 1.54) is 18.2 Å². The number of nitrogens with zero attached hydrogens (tertiary/aromatic N) is 1. The lowest BCUT2D eigenvalue weighted by Crippen LogP contribution is -2.28. The van der Waals surface area contributed by atoms with Gasteiger partial charge in [0.15, 0.2) is 0 Å². The van der Waals surface area contributed by atoms with Gasteiger partial charge in [-0.05, 0) is 77.1 Å². The first-order valence-corrected chi connectivity index (χ1v) is 14.4. The highest BCUT2D eigenvalue weighted by Crippen LogP contribution is 2.42. The molecule has 0 N–H and O–H groups in total. The van der Waals surface area contributed by atoms with Gasteiger partial charge in [0.2, 0.25) is 0 Å². The van der Waals surface area contributed by atoms with Gasteiger partial charge in [-0.2, -0.15) is 30.0 Å². The Kier molecular flexibility index (Phi) is 7.81. The van der Waals surface area contributed by atoms with E-state index >= 15 is 0 Å². The second-order valence-electron chi connectivity index (χ2n) is 8.27. The number of aryl methyl sites for hydroxylation is 1. The van der Waals surface area contributed by atoms with Gasteiger partial charge < -0.3 is 8.92 Å². The van der Waals surface area contributed by atoms with Crippen molar-refractivity contribution in [1.29, 1.82) is 0 Å². The summed E-state index contributed by atoms with van der Waals surface area (Å²) >= 11 is 0. The molecule has 1 heterocycles. The molecule has 1 aromatic heterocycles. The van der Waals surface area contributed by atoms with Crippen molar-refractivity contribution in [2.45, 2.75) is 18.3 Å². The van der Waals surface area contributed by atoms with E-state index in [0.29, 0.717) is 29.7 Å². The number of allylic oxidation sites excluding steroid dienone is 1. The van der Waals surface area contributed by atoms with Gasteiger partial charge in [0.05, 0.1) is 11.9 Å². The zero-order valence-electron chi connectivity index (χ0n) is 19.9. The van der Waals surface area contributed by atoms with Crippen LogP contribution in [0.4, 0.5) is 13.2 Å². The Morgan fingerprint density at radius 2 is 1.61 bits per heavy atom. The predicted octanol–water partition coefficient (Wildman–Crippen LogP) is 4.57. The van der Waals surface area contributed by atoms with Gasteiger partial charge in [0.1, 0.15) is 24.7 Å². The Morgan fingerprint density at radius 1 is 0.895 bits per heavy atom. The van der Waals surface area contributed by atoms with Gasteiger partial charge >= 0.3 is 15.6 Å². The molecule has 1 aliphatic rings.